The molecule has 0 aliphatic rings. The van der Waals surface area contributed by atoms with E-state index < -0.39 is 0 Å². The molecule has 3 aromatic rings. The van der Waals surface area contributed by atoms with Gasteiger partial charge in [0.2, 0.25) is 0 Å². The Morgan fingerprint density at radius 3 is 2.13 bits per heavy atom. The third kappa shape index (κ3) is 5.27. The summed E-state index contributed by atoms with van der Waals surface area (Å²) in [6, 6.07) is 18.7. The van der Waals surface area contributed by atoms with Crippen LogP contribution in [0.15, 0.2) is 54.6 Å². The molecule has 6 heteroatoms. The van der Waals surface area contributed by atoms with E-state index in [1.807, 2.05) is 16.8 Å². The lowest BCUT2D eigenvalue weighted by Gasteiger charge is -2.36. The van der Waals surface area contributed by atoms with Crippen molar-refractivity contribution in [3.05, 3.63) is 76.6 Å². The van der Waals surface area contributed by atoms with Crippen molar-refractivity contribution < 1.29 is 0 Å². The molecule has 0 N–H and O–H groups in total. The van der Waals surface area contributed by atoms with E-state index in [9.17, 15) is 0 Å². The zero-order valence-electron chi connectivity index (χ0n) is 18.6. The van der Waals surface area contributed by atoms with Crippen LogP contribution in [-0.4, -0.2) is 25.1 Å². The van der Waals surface area contributed by atoms with Crippen LogP contribution in [0.5, 0.6) is 0 Å². The lowest BCUT2D eigenvalue weighted by atomic mass is 9.97. The number of hydrogen-bond acceptors (Lipinski definition) is 4. The molecule has 160 valence electrons. The first-order chi connectivity index (χ1) is 14.3. The second-order valence-corrected chi connectivity index (χ2v) is 9.26. The predicted octanol–water partition coefficient (Wildman–Crippen LogP) is 5.87. The molecular weight excluding hydrogens is 394 g/mol. The van der Waals surface area contributed by atoms with Crippen LogP contribution in [0.4, 0.5) is 0 Å². The van der Waals surface area contributed by atoms with Gasteiger partial charge in [-0.1, -0.05) is 74.8 Å². The summed E-state index contributed by atoms with van der Waals surface area (Å²) in [6.07, 6.45) is 0.950. The highest BCUT2D eigenvalue weighted by Crippen LogP contribution is 2.33. The van der Waals surface area contributed by atoms with Crippen molar-refractivity contribution in [2.24, 2.45) is 5.92 Å². The van der Waals surface area contributed by atoms with E-state index in [0.717, 1.165) is 30.4 Å². The first-order valence-electron chi connectivity index (χ1n) is 10.6. The van der Waals surface area contributed by atoms with Crippen molar-refractivity contribution >= 4 is 11.6 Å². The highest BCUT2D eigenvalue weighted by molar-refractivity contribution is 6.30. The van der Waals surface area contributed by atoms with Crippen molar-refractivity contribution in [1.29, 1.82) is 0 Å². The predicted molar refractivity (Wildman–Crippen MR) is 122 cm³/mol. The Balaban J connectivity index is 2.02. The van der Waals surface area contributed by atoms with Gasteiger partial charge in [0.25, 0.3) is 0 Å². The summed E-state index contributed by atoms with van der Waals surface area (Å²) in [5.41, 5.74) is 2.34. The molecule has 0 saturated heterocycles. The van der Waals surface area contributed by atoms with Gasteiger partial charge in [0.15, 0.2) is 5.82 Å². The lowest BCUT2D eigenvalue weighted by molar-refractivity contribution is 0.118. The number of hydrogen-bond donors (Lipinski definition) is 0. The summed E-state index contributed by atoms with van der Waals surface area (Å²) in [7, 11) is 0. The quantitative estimate of drug-likeness (QED) is 0.430. The van der Waals surface area contributed by atoms with Crippen molar-refractivity contribution in [3.8, 4) is 0 Å². The van der Waals surface area contributed by atoms with Crippen LogP contribution >= 0.6 is 11.6 Å². The molecule has 0 fully saturated rings. The van der Waals surface area contributed by atoms with Crippen molar-refractivity contribution in [1.82, 2.24) is 25.1 Å². The van der Waals surface area contributed by atoms with Crippen LogP contribution in [0.2, 0.25) is 5.02 Å². The normalized spacial score (nSPS) is 13.2. The number of halogens is 1. The SMILES string of the molecule is CCC(C)(C)n1nnnc1[C@@H](C(C)C)N(Cc1ccccc1)Cc1ccc(Cl)cc1. The van der Waals surface area contributed by atoms with E-state index >= 15 is 0 Å². The number of aromatic nitrogens is 4. The van der Waals surface area contributed by atoms with Gasteiger partial charge in [0.1, 0.15) is 0 Å². The summed E-state index contributed by atoms with van der Waals surface area (Å²) in [4.78, 5) is 2.47. The first kappa shape index (κ1) is 22.4. The summed E-state index contributed by atoms with van der Waals surface area (Å²) < 4.78 is 2.01. The molecule has 0 aliphatic carbocycles. The largest absolute Gasteiger partial charge is 0.285 e. The molecule has 5 nitrogen and oxygen atoms in total. The minimum atomic E-state index is -0.148. The molecule has 0 spiro atoms. The molecule has 0 amide bonds. The van der Waals surface area contributed by atoms with Gasteiger partial charge in [-0.25, -0.2) is 4.68 Å². The maximum atomic E-state index is 6.12. The smallest absolute Gasteiger partial charge is 0.169 e. The zero-order chi connectivity index (χ0) is 21.7. The van der Waals surface area contributed by atoms with Gasteiger partial charge in [0.05, 0.1) is 11.6 Å². The van der Waals surface area contributed by atoms with Gasteiger partial charge in [-0.2, -0.15) is 0 Å². The Morgan fingerprint density at radius 2 is 1.57 bits per heavy atom. The Morgan fingerprint density at radius 1 is 0.967 bits per heavy atom. The topological polar surface area (TPSA) is 46.8 Å². The number of rotatable bonds is 9. The second-order valence-electron chi connectivity index (χ2n) is 8.82. The molecule has 0 bridgehead atoms. The molecular formula is C24H32ClN5. The van der Waals surface area contributed by atoms with E-state index in [1.54, 1.807) is 0 Å². The van der Waals surface area contributed by atoms with Crippen LogP contribution in [0.1, 0.15) is 64.0 Å². The molecule has 3 rings (SSSR count). The molecule has 0 aliphatic heterocycles. The van der Waals surface area contributed by atoms with Crippen molar-refractivity contribution in [2.75, 3.05) is 0 Å². The molecule has 0 radical (unpaired) electrons. The number of tetrazole rings is 1. The minimum absolute atomic E-state index is 0.0710. The monoisotopic (exact) mass is 425 g/mol. The Kier molecular flexibility index (Phi) is 7.27. The average Bonchev–Trinajstić information content (AvgIpc) is 3.20. The van der Waals surface area contributed by atoms with Crippen LogP contribution < -0.4 is 0 Å². The molecule has 2 aromatic carbocycles. The summed E-state index contributed by atoms with van der Waals surface area (Å²) >= 11 is 6.12. The van der Waals surface area contributed by atoms with Gasteiger partial charge >= 0.3 is 0 Å². The van der Waals surface area contributed by atoms with Gasteiger partial charge in [-0.3, -0.25) is 4.90 Å². The van der Waals surface area contributed by atoms with Crippen molar-refractivity contribution in [3.63, 3.8) is 0 Å². The van der Waals surface area contributed by atoms with Crippen LogP contribution in [0, 0.1) is 5.92 Å². The van der Waals surface area contributed by atoms with Gasteiger partial charge in [0, 0.05) is 18.1 Å². The number of benzene rings is 2. The van der Waals surface area contributed by atoms with E-state index in [-0.39, 0.29) is 11.6 Å². The van der Waals surface area contributed by atoms with E-state index in [1.165, 1.54) is 11.1 Å². The Labute approximate surface area is 185 Å². The van der Waals surface area contributed by atoms with Crippen LogP contribution in [-0.2, 0) is 18.6 Å². The van der Waals surface area contributed by atoms with Crippen molar-refractivity contribution in [2.45, 2.75) is 65.7 Å². The first-order valence-corrected chi connectivity index (χ1v) is 11.0. The van der Waals surface area contributed by atoms with Crippen LogP contribution in [0.3, 0.4) is 0 Å². The molecule has 0 unspecified atom stereocenters. The van der Waals surface area contributed by atoms with E-state index in [2.05, 4.69) is 97.5 Å². The standard InChI is InChI=1S/C24H32ClN5/c1-6-24(4,5)30-23(26-27-28-30)22(18(2)3)29(16-19-10-8-7-9-11-19)17-20-12-14-21(25)15-13-20/h7-15,18,22H,6,16-17H2,1-5H3/t22-/m1/s1. The highest BCUT2D eigenvalue weighted by atomic mass is 35.5. The van der Waals surface area contributed by atoms with Gasteiger partial charge in [-0.15, -0.1) is 5.10 Å². The molecule has 1 atom stereocenters. The second kappa shape index (κ2) is 9.71. The fraction of sp³-hybridized carbons (Fsp3) is 0.458. The van der Waals surface area contributed by atoms with E-state index in [4.69, 9.17) is 11.6 Å². The summed E-state index contributed by atoms with van der Waals surface area (Å²) in [5.74, 6) is 1.25. The average molecular weight is 426 g/mol. The molecule has 0 saturated carbocycles. The fourth-order valence-electron chi connectivity index (χ4n) is 3.74. The lowest BCUT2D eigenvalue weighted by Crippen LogP contribution is -2.37. The number of nitrogens with zero attached hydrogens (tertiary/aromatic N) is 5. The maximum absolute atomic E-state index is 6.12. The van der Waals surface area contributed by atoms with Gasteiger partial charge in [-0.05, 0) is 59.9 Å². The third-order valence-corrected chi connectivity index (χ3v) is 6.00. The minimum Gasteiger partial charge on any atom is -0.285 e. The van der Waals surface area contributed by atoms with E-state index in [0.29, 0.717) is 5.92 Å². The fourth-order valence-corrected chi connectivity index (χ4v) is 3.86. The summed E-state index contributed by atoms with van der Waals surface area (Å²) in [5, 5.41) is 13.7. The zero-order valence-corrected chi connectivity index (χ0v) is 19.3. The van der Waals surface area contributed by atoms with Gasteiger partial charge < -0.3 is 0 Å². The summed E-state index contributed by atoms with van der Waals surface area (Å²) in [6.45, 7) is 12.6. The Bertz CT molecular complexity index is 918. The Hall–Kier alpha value is -2.24. The highest BCUT2D eigenvalue weighted by Gasteiger charge is 2.33. The molecule has 1 heterocycles. The third-order valence-electron chi connectivity index (χ3n) is 5.75. The molecule has 30 heavy (non-hydrogen) atoms. The van der Waals surface area contributed by atoms with Crippen LogP contribution in [0.25, 0.3) is 0 Å². The molecule has 1 aromatic heterocycles. The maximum Gasteiger partial charge on any atom is 0.169 e.